The van der Waals surface area contributed by atoms with Gasteiger partial charge in [-0.2, -0.15) is 0 Å². The summed E-state index contributed by atoms with van der Waals surface area (Å²) < 4.78 is 5.39. The summed E-state index contributed by atoms with van der Waals surface area (Å²) in [6.45, 7) is 2.54. The smallest absolute Gasteiger partial charge is 0.250 e. The number of aryl methyl sites for hydroxylation is 1. The number of rotatable bonds is 8. The second-order valence-corrected chi connectivity index (χ2v) is 7.17. The fraction of sp³-hybridized carbons (Fsp3) is 0.261. The highest BCUT2D eigenvalue weighted by Crippen LogP contribution is 2.13. The third-order valence-corrected chi connectivity index (χ3v) is 4.40. The van der Waals surface area contributed by atoms with Crippen LogP contribution < -0.4 is 15.4 Å². The van der Waals surface area contributed by atoms with E-state index in [0.717, 1.165) is 22.6 Å². The molecule has 0 atom stereocenters. The topological polar surface area (TPSA) is 70.7 Å². The maximum Gasteiger partial charge on any atom is 0.250 e. The monoisotopic (exact) mass is 425 g/mol. The van der Waals surface area contributed by atoms with E-state index in [-0.39, 0.29) is 16.9 Å². The minimum absolute atomic E-state index is 0.0967. The van der Waals surface area contributed by atoms with Crippen LogP contribution in [0.15, 0.2) is 54.6 Å². The van der Waals surface area contributed by atoms with Gasteiger partial charge in [0.25, 0.3) is 0 Å². The molecule has 2 aromatic carbocycles. The van der Waals surface area contributed by atoms with Crippen molar-refractivity contribution in [2.45, 2.75) is 19.8 Å². The predicted molar refractivity (Wildman–Crippen MR) is 124 cm³/mol. The molecule has 0 bridgehead atoms. The van der Waals surface area contributed by atoms with Gasteiger partial charge in [0.2, 0.25) is 11.8 Å². The minimum Gasteiger partial charge on any atom is -0.494 e. The Hall–Kier alpha value is -3.19. The molecule has 2 rings (SSSR count). The zero-order chi connectivity index (χ0) is 21.9. The first kappa shape index (κ1) is 23.1. The summed E-state index contributed by atoms with van der Waals surface area (Å²) in [7, 11) is 3.50. The molecular formula is C23H27N3O3S. The number of ether oxygens (including phenoxy) is 1. The largest absolute Gasteiger partial charge is 0.494 e. The molecule has 0 aliphatic carbocycles. The molecule has 2 N–H and O–H groups in total. The Morgan fingerprint density at radius 2 is 1.73 bits per heavy atom. The molecule has 0 aliphatic rings. The Balaban J connectivity index is 1.80. The van der Waals surface area contributed by atoms with E-state index in [1.165, 1.54) is 6.08 Å². The highest BCUT2D eigenvalue weighted by molar-refractivity contribution is 7.80. The number of amides is 2. The average Bonchev–Trinajstić information content (AvgIpc) is 2.72. The highest BCUT2D eigenvalue weighted by Gasteiger charge is 2.05. The number of nitrogens with one attached hydrogen (secondary N) is 2. The van der Waals surface area contributed by atoms with Crippen molar-refractivity contribution in [1.29, 1.82) is 0 Å². The fourth-order valence-corrected chi connectivity index (χ4v) is 2.78. The molecular weight excluding hydrogens is 398 g/mol. The molecule has 0 heterocycles. The lowest BCUT2D eigenvalue weighted by molar-refractivity contribution is -0.128. The molecule has 0 aromatic heterocycles. The Morgan fingerprint density at radius 3 is 2.33 bits per heavy atom. The van der Waals surface area contributed by atoms with Crippen LogP contribution in [0.5, 0.6) is 5.75 Å². The number of hydrogen-bond donors (Lipinski definition) is 2. The molecule has 30 heavy (non-hydrogen) atoms. The van der Waals surface area contributed by atoms with Gasteiger partial charge in [-0.3, -0.25) is 14.9 Å². The van der Waals surface area contributed by atoms with Crippen LogP contribution in [0.25, 0.3) is 6.08 Å². The number of benzene rings is 2. The zero-order valence-electron chi connectivity index (χ0n) is 17.5. The van der Waals surface area contributed by atoms with Crippen molar-refractivity contribution in [3.05, 3.63) is 65.7 Å². The third kappa shape index (κ3) is 8.05. The number of carbonyl (C=O) groups is 2. The van der Waals surface area contributed by atoms with Gasteiger partial charge < -0.3 is 15.0 Å². The number of anilines is 1. The molecule has 2 aromatic rings. The van der Waals surface area contributed by atoms with Crippen LogP contribution in [0.4, 0.5) is 5.69 Å². The van der Waals surface area contributed by atoms with Crippen LogP contribution >= 0.6 is 12.2 Å². The SMILES string of the molecule is CCOc1ccc(/C=C/C(=O)NC(=S)Nc2ccc(CCC(=O)N(C)C)cc2)cc1. The molecule has 0 unspecified atom stereocenters. The molecule has 6 nitrogen and oxygen atoms in total. The van der Waals surface area contributed by atoms with Gasteiger partial charge in [-0.1, -0.05) is 24.3 Å². The normalized spacial score (nSPS) is 10.5. The van der Waals surface area contributed by atoms with Crippen molar-refractivity contribution in [3.8, 4) is 5.75 Å². The molecule has 0 aliphatic heterocycles. The third-order valence-electron chi connectivity index (χ3n) is 4.19. The van der Waals surface area contributed by atoms with Crippen molar-refractivity contribution in [1.82, 2.24) is 10.2 Å². The highest BCUT2D eigenvalue weighted by atomic mass is 32.1. The van der Waals surface area contributed by atoms with Crippen molar-refractivity contribution >= 4 is 40.9 Å². The number of thiocarbonyl (C=S) groups is 1. The second-order valence-electron chi connectivity index (χ2n) is 6.76. The number of nitrogens with zero attached hydrogens (tertiary/aromatic N) is 1. The molecule has 158 valence electrons. The summed E-state index contributed by atoms with van der Waals surface area (Å²) in [6.07, 6.45) is 4.27. The van der Waals surface area contributed by atoms with Crippen LogP contribution in [0.3, 0.4) is 0 Å². The van der Waals surface area contributed by atoms with E-state index in [2.05, 4.69) is 10.6 Å². The van der Waals surface area contributed by atoms with Crippen molar-refractivity contribution < 1.29 is 14.3 Å². The number of carbonyl (C=O) groups excluding carboxylic acids is 2. The lowest BCUT2D eigenvalue weighted by atomic mass is 10.1. The first-order valence-corrected chi connectivity index (χ1v) is 10.1. The second kappa shape index (κ2) is 11.7. The lowest BCUT2D eigenvalue weighted by Crippen LogP contribution is -2.32. The fourth-order valence-electron chi connectivity index (χ4n) is 2.56. The van der Waals surface area contributed by atoms with E-state index in [1.807, 2.05) is 55.5 Å². The van der Waals surface area contributed by atoms with Gasteiger partial charge in [0, 0.05) is 32.3 Å². The maximum absolute atomic E-state index is 12.1. The van der Waals surface area contributed by atoms with Gasteiger partial charge >= 0.3 is 0 Å². The Kier molecular flexibility index (Phi) is 9.03. The molecule has 0 fully saturated rings. The summed E-state index contributed by atoms with van der Waals surface area (Å²) in [4.78, 5) is 25.3. The first-order chi connectivity index (χ1) is 14.4. The van der Waals surface area contributed by atoms with Gasteiger partial charge in [0.05, 0.1) is 6.61 Å². The van der Waals surface area contributed by atoms with E-state index >= 15 is 0 Å². The Morgan fingerprint density at radius 1 is 1.07 bits per heavy atom. The zero-order valence-corrected chi connectivity index (χ0v) is 18.3. The van der Waals surface area contributed by atoms with Gasteiger partial charge in [-0.05, 0) is 67.0 Å². The van der Waals surface area contributed by atoms with Crippen molar-refractivity contribution in [2.24, 2.45) is 0 Å². The van der Waals surface area contributed by atoms with Crippen LogP contribution in [-0.2, 0) is 16.0 Å². The molecule has 0 saturated carbocycles. The van der Waals surface area contributed by atoms with Gasteiger partial charge in [0.1, 0.15) is 5.75 Å². The predicted octanol–water partition coefficient (Wildman–Crippen LogP) is 3.63. The molecule has 0 spiro atoms. The Bertz CT molecular complexity index is 891. The van der Waals surface area contributed by atoms with E-state index in [1.54, 1.807) is 25.1 Å². The van der Waals surface area contributed by atoms with Gasteiger partial charge in [0.15, 0.2) is 5.11 Å². The first-order valence-electron chi connectivity index (χ1n) is 9.69. The molecule has 0 radical (unpaired) electrons. The van der Waals surface area contributed by atoms with Crippen LogP contribution in [-0.4, -0.2) is 42.5 Å². The summed E-state index contributed by atoms with van der Waals surface area (Å²) >= 11 is 5.19. The summed E-state index contributed by atoms with van der Waals surface area (Å²) in [6, 6.07) is 15.1. The quantitative estimate of drug-likeness (QED) is 0.499. The van der Waals surface area contributed by atoms with Crippen molar-refractivity contribution in [3.63, 3.8) is 0 Å². The lowest BCUT2D eigenvalue weighted by Gasteiger charge is -2.11. The summed E-state index contributed by atoms with van der Waals surface area (Å²) in [5, 5.41) is 5.81. The average molecular weight is 426 g/mol. The minimum atomic E-state index is -0.319. The van der Waals surface area contributed by atoms with Crippen LogP contribution in [0.2, 0.25) is 0 Å². The summed E-state index contributed by atoms with van der Waals surface area (Å²) in [5.74, 6) is 0.569. The molecule has 0 saturated heterocycles. The molecule has 7 heteroatoms. The summed E-state index contributed by atoms with van der Waals surface area (Å²) in [5.41, 5.74) is 2.71. The van der Waals surface area contributed by atoms with Crippen LogP contribution in [0, 0.1) is 0 Å². The van der Waals surface area contributed by atoms with E-state index in [0.29, 0.717) is 19.4 Å². The van der Waals surface area contributed by atoms with E-state index in [4.69, 9.17) is 17.0 Å². The Labute approximate surface area is 182 Å². The maximum atomic E-state index is 12.1. The van der Waals surface area contributed by atoms with E-state index < -0.39 is 0 Å². The standard InChI is InChI=1S/C23H27N3O3S/c1-4-29-20-13-7-18(8-14-20)9-15-21(27)25-23(30)24-19-11-5-17(6-12-19)10-16-22(28)26(2)3/h5-9,11-15H,4,10,16H2,1-3H3,(H2,24,25,27,30)/b15-9+. The van der Waals surface area contributed by atoms with E-state index in [9.17, 15) is 9.59 Å². The number of hydrogen-bond acceptors (Lipinski definition) is 4. The van der Waals surface area contributed by atoms with Gasteiger partial charge in [-0.25, -0.2) is 0 Å². The van der Waals surface area contributed by atoms with Crippen LogP contribution in [0.1, 0.15) is 24.5 Å². The molecule has 2 amide bonds. The van der Waals surface area contributed by atoms with Gasteiger partial charge in [-0.15, -0.1) is 0 Å². The van der Waals surface area contributed by atoms with Crippen molar-refractivity contribution in [2.75, 3.05) is 26.0 Å².